The van der Waals surface area contributed by atoms with E-state index >= 15 is 0 Å². The zero-order valence-corrected chi connectivity index (χ0v) is 9.70. The van der Waals surface area contributed by atoms with Gasteiger partial charge in [-0.3, -0.25) is 0 Å². The van der Waals surface area contributed by atoms with Gasteiger partial charge in [-0.25, -0.2) is 4.98 Å². The number of aromatic nitrogens is 1. The van der Waals surface area contributed by atoms with Crippen molar-refractivity contribution < 1.29 is 0 Å². The number of rotatable bonds is 1. The van der Waals surface area contributed by atoms with Crippen molar-refractivity contribution in [3.05, 3.63) is 9.98 Å². The van der Waals surface area contributed by atoms with Gasteiger partial charge in [0.2, 0.25) is 0 Å². The Morgan fingerprint density at radius 3 is 2.69 bits per heavy atom. The van der Waals surface area contributed by atoms with Gasteiger partial charge in [0.1, 0.15) is 0 Å². The quantitative estimate of drug-likeness (QED) is 0.770. The lowest BCUT2D eigenvalue weighted by Crippen LogP contribution is -2.59. The van der Waals surface area contributed by atoms with Crippen molar-refractivity contribution in [2.45, 2.75) is 19.3 Å². The molecule has 0 N–H and O–H groups in total. The van der Waals surface area contributed by atoms with Crippen LogP contribution >= 0.6 is 27.3 Å². The lowest BCUT2D eigenvalue weighted by atomic mass is 9.64. The lowest BCUT2D eigenvalue weighted by molar-refractivity contribution is 0.0903. The molecule has 0 atom stereocenters. The maximum atomic E-state index is 4.36. The van der Waals surface area contributed by atoms with Crippen molar-refractivity contribution in [2.24, 2.45) is 5.41 Å². The molecule has 1 aromatic heterocycles. The summed E-state index contributed by atoms with van der Waals surface area (Å²) >= 11 is 5.18. The first kappa shape index (κ1) is 8.24. The van der Waals surface area contributed by atoms with Gasteiger partial charge >= 0.3 is 0 Å². The van der Waals surface area contributed by atoms with Gasteiger partial charge in [-0.2, -0.15) is 0 Å². The molecule has 1 aliphatic carbocycles. The monoisotopic (exact) mass is 258 g/mol. The first-order valence-corrected chi connectivity index (χ1v) is 6.25. The van der Waals surface area contributed by atoms with Crippen molar-refractivity contribution in [1.82, 2.24) is 4.98 Å². The molecule has 70 valence electrons. The number of halogens is 1. The Balaban J connectivity index is 1.70. The van der Waals surface area contributed by atoms with E-state index in [4.69, 9.17) is 0 Å². The average molecular weight is 259 g/mol. The smallest absolute Gasteiger partial charge is 0.186 e. The van der Waals surface area contributed by atoms with E-state index in [1.807, 2.05) is 6.20 Å². The highest BCUT2D eigenvalue weighted by molar-refractivity contribution is 9.11. The molecule has 2 fully saturated rings. The van der Waals surface area contributed by atoms with Gasteiger partial charge in [0.15, 0.2) is 5.13 Å². The van der Waals surface area contributed by atoms with Gasteiger partial charge in [0.25, 0.3) is 0 Å². The Hall–Kier alpha value is -0.0900. The molecule has 1 saturated heterocycles. The second-order valence-corrected chi connectivity index (χ2v) is 6.54. The van der Waals surface area contributed by atoms with Crippen LogP contribution in [-0.4, -0.2) is 18.1 Å². The number of nitrogens with zero attached hydrogens (tertiary/aromatic N) is 2. The molecule has 1 saturated carbocycles. The molecular weight excluding hydrogens is 248 g/mol. The first-order valence-electron chi connectivity index (χ1n) is 4.64. The van der Waals surface area contributed by atoms with E-state index < -0.39 is 0 Å². The van der Waals surface area contributed by atoms with Crippen molar-refractivity contribution in [2.75, 3.05) is 18.0 Å². The van der Waals surface area contributed by atoms with Crippen LogP contribution in [0.4, 0.5) is 5.13 Å². The summed E-state index contributed by atoms with van der Waals surface area (Å²) in [6.07, 6.45) is 6.22. The molecule has 2 heterocycles. The third kappa shape index (κ3) is 1.22. The molecule has 13 heavy (non-hydrogen) atoms. The fourth-order valence-electron chi connectivity index (χ4n) is 2.28. The average Bonchev–Trinajstić information content (AvgIpc) is 2.29. The zero-order valence-electron chi connectivity index (χ0n) is 7.29. The summed E-state index contributed by atoms with van der Waals surface area (Å²) in [4.78, 5) is 6.76. The highest BCUT2D eigenvalue weighted by atomic mass is 79.9. The topological polar surface area (TPSA) is 16.1 Å². The van der Waals surface area contributed by atoms with Crippen LogP contribution in [0.2, 0.25) is 0 Å². The summed E-state index contributed by atoms with van der Waals surface area (Å²) in [6.45, 7) is 2.49. The third-order valence-electron chi connectivity index (χ3n) is 3.20. The summed E-state index contributed by atoms with van der Waals surface area (Å²) in [7, 11) is 0. The zero-order chi connectivity index (χ0) is 8.89. The Bertz CT molecular complexity index is 324. The molecule has 4 heteroatoms. The van der Waals surface area contributed by atoms with Crippen LogP contribution in [0.15, 0.2) is 9.98 Å². The van der Waals surface area contributed by atoms with Crippen molar-refractivity contribution in [3.63, 3.8) is 0 Å². The Morgan fingerprint density at radius 2 is 2.23 bits per heavy atom. The second kappa shape index (κ2) is 2.70. The number of thiazole rings is 1. The number of hydrogen-bond acceptors (Lipinski definition) is 3. The van der Waals surface area contributed by atoms with Crippen LogP contribution in [0.5, 0.6) is 0 Å². The molecule has 0 aromatic carbocycles. The molecule has 0 unspecified atom stereocenters. The first-order chi connectivity index (χ1) is 6.27. The molecule has 0 radical (unpaired) electrons. The molecule has 2 aliphatic rings. The predicted molar refractivity (Wildman–Crippen MR) is 58.3 cm³/mol. The minimum absolute atomic E-state index is 0.706. The fourth-order valence-corrected chi connectivity index (χ4v) is 3.46. The summed E-state index contributed by atoms with van der Waals surface area (Å²) in [5, 5.41) is 1.18. The Morgan fingerprint density at radius 1 is 1.46 bits per heavy atom. The summed E-state index contributed by atoms with van der Waals surface area (Å²) in [6, 6.07) is 0. The van der Waals surface area contributed by atoms with Crippen molar-refractivity contribution in [3.8, 4) is 0 Å². The summed E-state index contributed by atoms with van der Waals surface area (Å²) < 4.78 is 1.14. The predicted octanol–water partition coefficient (Wildman–Crippen LogP) is 2.90. The Labute approximate surface area is 90.1 Å². The van der Waals surface area contributed by atoms with Gasteiger partial charge in [0, 0.05) is 18.5 Å². The molecule has 2 nitrogen and oxygen atoms in total. The summed E-state index contributed by atoms with van der Waals surface area (Å²) in [5.41, 5.74) is 0.706. The molecule has 0 amide bonds. The van der Waals surface area contributed by atoms with E-state index in [1.165, 1.54) is 37.5 Å². The van der Waals surface area contributed by atoms with E-state index in [-0.39, 0.29) is 0 Å². The van der Waals surface area contributed by atoms with E-state index in [1.54, 1.807) is 11.3 Å². The van der Waals surface area contributed by atoms with Crippen LogP contribution in [0.3, 0.4) is 0 Å². The minimum atomic E-state index is 0.706. The number of anilines is 1. The van der Waals surface area contributed by atoms with Crippen LogP contribution in [0.25, 0.3) is 0 Å². The molecular formula is C9H11BrN2S. The molecule has 1 spiro atoms. The summed E-state index contributed by atoms with van der Waals surface area (Å²) in [5.74, 6) is 0. The third-order valence-corrected chi connectivity index (χ3v) is 4.74. The highest BCUT2D eigenvalue weighted by Gasteiger charge is 2.47. The fraction of sp³-hybridized carbons (Fsp3) is 0.667. The largest absolute Gasteiger partial charge is 0.347 e. The molecule has 1 aromatic rings. The van der Waals surface area contributed by atoms with Crippen molar-refractivity contribution >= 4 is 32.4 Å². The second-order valence-electron chi connectivity index (χ2n) is 4.16. The highest BCUT2D eigenvalue weighted by Crippen LogP contribution is 2.50. The van der Waals surface area contributed by atoms with E-state index in [0.717, 1.165) is 3.79 Å². The van der Waals surface area contributed by atoms with Crippen LogP contribution in [0.1, 0.15) is 19.3 Å². The maximum absolute atomic E-state index is 4.36. The van der Waals surface area contributed by atoms with E-state index in [0.29, 0.717) is 5.41 Å². The van der Waals surface area contributed by atoms with Gasteiger partial charge in [-0.05, 0) is 28.8 Å². The van der Waals surface area contributed by atoms with Gasteiger partial charge in [-0.1, -0.05) is 17.8 Å². The standard InChI is InChI=1S/C9H11BrN2S/c10-7-4-11-8(13-7)12-5-9(6-12)2-1-3-9/h4H,1-3,5-6H2. The normalized spacial score (nSPS) is 24.2. The molecule has 3 rings (SSSR count). The van der Waals surface area contributed by atoms with Gasteiger partial charge in [0.05, 0.1) is 9.98 Å². The van der Waals surface area contributed by atoms with E-state index in [2.05, 4.69) is 25.8 Å². The van der Waals surface area contributed by atoms with Crippen LogP contribution < -0.4 is 4.90 Å². The van der Waals surface area contributed by atoms with Crippen LogP contribution in [-0.2, 0) is 0 Å². The SMILES string of the molecule is Brc1cnc(N2CC3(CCC3)C2)s1. The van der Waals surface area contributed by atoms with Gasteiger partial charge in [-0.15, -0.1) is 0 Å². The number of hydrogen-bond donors (Lipinski definition) is 0. The molecule has 0 bridgehead atoms. The molecule has 1 aliphatic heterocycles. The van der Waals surface area contributed by atoms with Crippen LogP contribution in [0, 0.1) is 5.41 Å². The van der Waals surface area contributed by atoms with E-state index in [9.17, 15) is 0 Å². The van der Waals surface area contributed by atoms with Crippen molar-refractivity contribution in [1.29, 1.82) is 0 Å². The lowest BCUT2D eigenvalue weighted by Gasteiger charge is -2.55. The minimum Gasteiger partial charge on any atom is -0.347 e. The Kier molecular flexibility index (Phi) is 1.71. The van der Waals surface area contributed by atoms with Gasteiger partial charge < -0.3 is 4.90 Å². The maximum Gasteiger partial charge on any atom is 0.186 e.